The molecule has 0 amide bonds. The Balaban J connectivity index is 0.00000289. The van der Waals surface area contributed by atoms with Gasteiger partial charge in [0.2, 0.25) is 0 Å². The largest absolute Gasteiger partial charge is 0.481 e. The van der Waals surface area contributed by atoms with Gasteiger partial charge < -0.3 is 10.8 Å². The third-order valence-electron chi connectivity index (χ3n) is 2.22. The number of hydrogen-bond acceptors (Lipinski definition) is 2. The number of carboxylic acids is 1. The van der Waals surface area contributed by atoms with Gasteiger partial charge in [-0.15, -0.1) is 12.4 Å². The zero-order valence-electron chi connectivity index (χ0n) is 9.28. The Bertz CT molecular complexity index is 392. The van der Waals surface area contributed by atoms with Crippen molar-refractivity contribution >= 4 is 18.4 Å². The molecule has 0 heterocycles. The van der Waals surface area contributed by atoms with Gasteiger partial charge >= 0.3 is 12.1 Å². The minimum atomic E-state index is -4.36. The normalized spacial score (nSPS) is 12.7. The lowest BCUT2D eigenvalue weighted by atomic mass is 10.0. The fraction of sp³-hybridized carbons (Fsp3) is 0.364. The van der Waals surface area contributed by atoms with Gasteiger partial charge in [-0.2, -0.15) is 13.2 Å². The van der Waals surface area contributed by atoms with Crippen LogP contribution in [-0.2, 0) is 17.4 Å². The van der Waals surface area contributed by atoms with Crippen LogP contribution in [0.2, 0.25) is 0 Å². The van der Waals surface area contributed by atoms with Crippen LogP contribution in [0.15, 0.2) is 24.3 Å². The topological polar surface area (TPSA) is 63.3 Å². The van der Waals surface area contributed by atoms with Crippen molar-refractivity contribution in [3.05, 3.63) is 35.4 Å². The van der Waals surface area contributed by atoms with Crippen molar-refractivity contribution in [3.8, 4) is 0 Å². The van der Waals surface area contributed by atoms with Gasteiger partial charge in [-0.25, -0.2) is 0 Å². The summed E-state index contributed by atoms with van der Waals surface area (Å²) in [4.78, 5) is 10.4. The van der Waals surface area contributed by atoms with E-state index in [1.807, 2.05) is 0 Å². The van der Waals surface area contributed by atoms with Crippen molar-refractivity contribution in [3.63, 3.8) is 0 Å². The predicted molar refractivity (Wildman–Crippen MR) is 62.6 cm³/mol. The lowest BCUT2D eigenvalue weighted by Crippen LogP contribution is -2.26. The molecule has 0 radical (unpaired) electrons. The number of carboxylic acid groups (broad SMARTS) is 1. The summed E-state index contributed by atoms with van der Waals surface area (Å²) in [6.45, 7) is 0. The molecule has 0 aliphatic rings. The highest BCUT2D eigenvalue weighted by Gasteiger charge is 2.29. The summed E-state index contributed by atoms with van der Waals surface area (Å²) >= 11 is 0. The van der Waals surface area contributed by atoms with Crippen molar-refractivity contribution in [2.75, 3.05) is 0 Å². The van der Waals surface area contributed by atoms with Crippen LogP contribution in [0.3, 0.4) is 0 Å². The maximum absolute atomic E-state index is 12.3. The lowest BCUT2D eigenvalue weighted by molar-refractivity contribution is -0.138. The Labute approximate surface area is 108 Å². The van der Waals surface area contributed by atoms with E-state index in [1.54, 1.807) is 0 Å². The van der Waals surface area contributed by atoms with Crippen molar-refractivity contribution in [1.82, 2.24) is 0 Å². The Hall–Kier alpha value is -1.27. The molecule has 0 aliphatic heterocycles. The summed E-state index contributed by atoms with van der Waals surface area (Å²) < 4.78 is 36.8. The lowest BCUT2D eigenvalue weighted by Gasteiger charge is -2.10. The highest BCUT2D eigenvalue weighted by atomic mass is 35.5. The minimum absolute atomic E-state index is 0. The second-order valence-electron chi connectivity index (χ2n) is 3.76. The molecule has 0 saturated carbocycles. The molecule has 0 aromatic heterocycles. The smallest absolute Gasteiger partial charge is 0.416 e. The Morgan fingerprint density at radius 1 is 1.28 bits per heavy atom. The summed E-state index contributed by atoms with van der Waals surface area (Å²) in [5, 5.41) is 8.48. The van der Waals surface area contributed by atoms with Gasteiger partial charge in [-0.1, -0.05) is 12.1 Å². The molecule has 1 atom stereocenters. The summed E-state index contributed by atoms with van der Waals surface area (Å²) in [6.07, 6.45) is -4.33. The fourth-order valence-corrected chi connectivity index (χ4v) is 1.43. The number of halogens is 4. The monoisotopic (exact) mass is 283 g/mol. The molecule has 0 saturated heterocycles. The van der Waals surface area contributed by atoms with Gasteiger partial charge in [-0.3, -0.25) is 4.79 Å². The second-order valence-corrected chi connectivity index (χ2v) is 3.76. The highest BCUT2D eigenvalue weighted by molar-refractivity contribution is 5.85. The first kappa shape index (κ1) is 16.7. The zero-order valence-corrected chi connectivity index (χ0v) is 10.1. The molecule has 1 aromatic carbocycles. The molecule has 0 aliphatic carbocycles. The number of alkyl halides is 3. The van der Waals surface area contributed by atoms with E-state index >= 15 is 0 Å². The maximum atomic E-state index is 12.3. The SMILES string of the molecule is Cl.NC(CC(=O)O)Cc1ccc(C(F)(F)F)cc1. The average molecular weight is 284 g/mol. The van der Waals surface area contributed by atoms with Crippen LogP contribution >= 0.6 is 12.4 Å². The Kier molecular flexibility index (Phi) is 6.14. The number of aliphatic carboxylic acids is 1. The van der Waals surface area contributed by atoms with Gasteiger partial charge in [0.15, 0.2) is 0 Å². The van der Waals surface area contributed by atoms with Crippen molar-refractivity contribution < 1.29 is 23.1 Å². The van der Waals surface area contributed by atoms with Gasteiger partial charge in [-0.05, 0) is 24.1 Å². The Morgan fingerprint density at radius 2 is 1.78 bits per heavy atom. The van der Waals surface area contributed by atoms with E-state index in [4.69, 9.17) is 10.8 Å². The number of benzene rings is 1. The maximum Gasteiger partial charge on any atom is 0.416 e. The molecular formula is C11H13ClF3NO2. The summed E-state index contributed by atoms with van der Waals surface area (Å²) in [7, 11) is 0. The first-order valence-corrected chi connectivity index (χ1v) is 4.92. The van der Waals surface area contributed by atoms with E-state index in [0.717, 1.165) is 12.1 Å². The molecule has 1 aromatic rings. The molecule has 102 valence electrons. The molecule has 7 heteroatoms. The number of rotatable bonds is 4. The van der Waals surface area contributed by atoms with Crippen LogP contribution in [0.25, 0.3) is 0 Å². The highest BCUT2D eigenvalue weighted by Crippen LogP contribution is 2.29. The van der Waals surface area contributed by atoms with Gasteiger partial charge in [0.25, 0.3) is 0 Å². The fourth-order valence-electron chi connectivity index (χ4n) is 1.43. The van der Waals surface area contributed by atoms with Gasteiger partial charge in [0, 0.05) is 6.04 Å². The van der Waals surface area contributed by atoms with E-state index in [9.17, 15) is 18.0 Å². The van der Waals surface area contributed by atoms with Crippen LogP contribution in [0, 0.1) is 0 Å². The quantitative estimate of drug-likeness (QED) is 0.892. The molecule has 0 fully saturated rings. The number of hydrogen-bond donors (Lipinski definition) is 2. The minimum Gasteiger partial charge on any atom is -0.481 e. The van der Waals surface area contributed by atoms with Crippen LogP contribution in [0.5, 0.6) is 0 Å². The van der Waals surface area contributed by atoms with Crippen LogP contribution < -0.4 is 5.73 Å². The number of carbonyl (C=O) groups is 1. The average Bonchev–Trinajstić information content (AvgIpc) is 2.15. The summed E-state index contributed by atoms with van der Waals surface area (Å²) in [5.41, 5.74) is 5.39. The van der Waals surface area contributed by atoms with Crippen molar-refractivity contribution in [2.45, 2.75) is 25.1 Å². The van der Waals surface area contributed by atoms with Gasteiger partial charge in [0.1, 0.15) is 0 Å². The van der Waals surface area contributed by atoms with E-state index in [0.29, 0.717) is 5.56 Å². The molecule has 1 rings (SSSR count). The zero-order chi connectivity index (χ0) is 13.1. The van der Waals surface area contributed by atoms with E-state index in [2.05, 4.69) is 0 Å². The molecule has 0 spiro atoms. The van der Waals surface area contributed by atoms with Crippen LogP contribution in [0.1, 0.15) is 17.5 Å². The summed E-state index contributed by atoms with van der Waals surface area (Å²) in [5.74, 6) is -1.02. The third-order valence-corrected chi connectivity index (χ3v) is 2.22. The van der Waals surface area contributed by atoms with E-state index in [1.165, 1.54) is 12.1 Å². The van der Waals surface area contributed by atoms with Gasteiger partial charge in [0.05, 0.1) is 12.0 Å². The molecule has 3 N–H and O–H groups in total. The molecule has 3 nitrogen and oxygen atoms in total. The first-order chi connectivity index (χ1) is 7.79. The van der Waals surface area contributed by atoms with Crippen LogP contribution in [-0.4, -0.2) is 17.1 Å². The van der Waals surface area contributed by atoms with Crippen molar-refractivity contribution in [1.29, 1.82) is 0 Å². The molecular weight excluding hydrogens is 271 g/mol. The molecule has 0 bridgehead atoms. The predicted octanol–water partition coefficient (Wildman–Crippen LogP) is 2.47. The number of nitrogens with two attached hydrogens (primary N) is 1. The van der Waals surface area contributed by atoms with E-state index in [-0.39, 0.29) is 25.2 Å². The Morgan fingerprint density at radius 3 is 2.17 bits per heavy atom. The molecule has 18 heavy (non-hydrogen) atoms. The van der Waals surface area contributed by atoms with Crippen LogP contribution in [0.4, 0.5) is 13.2 Å². The van der Waals surface area contributed by atoms with E-state index < -0.39 is 23.8 Å². The standard InChI is InChI=1S/C11H12F3NO2.ClH/c12-11(13,14)8-3-1-7(2-4-8)5-9(15)6-10(16)17;/h1-4,9H,5-6,15H2,(H,16,17);1H. The summed E-state index contributed by atoms with van der Waals surface area (Å²) in [6, 6.07) is 3.95. The molecule has 1 unspecified atom stereocenters. The van der Waals surface area contributed by atoms with Crippen molar-refractivity contribution in [2.24, 2.45) is 5.73 Å². The first-order valence-electron chi connectivity index (χ1n) is 4.92. The third kappa shape index (κ3) is 5.37. The second kappa shape index (κ2) is 6.61.